The second kappa shape index (κ2) is 6.14. The van der Waals surface area contributed by atoms with Crippen LogP contribution in [0.4, 0.5) is 5.69 Å². The molecule has 4 heteroatoms. The van der Waals surface area contributed by atoms with Gasteiger partial charge in [0.15, 0.2) is 0 Å². The molecule has 0 bridgehead atoms. The number of hydrogen-bond donors (Lipinski definition) is 1. The minimum absolute atomic E-state index is 0.192. The monoisotopic (exact) mass is 264 g/mol. The van der Waals surface area contributed by atoms with Gasteiger partial charge in [0.1, 0.15) is 0 Å². The zero-order valence-electron chi connectivity index (χ0n) is 11.0. The number of nitrogens with one attached hydrogen (secondary N) is 1. The number of benzene rings is 1. The van der Waals surface area contributed by atoms with Gasteiger partial charge in [-0.25, -0.2) is 0 Å². The van der Waals surface area contributed by atoms with Gasteiger partial charge in [-0.3, -0.25) is 4.79 Å². The quantitative estimate of drug-likeness (QED) is 0.852. The van der Waals surface area contributed by atoms with Crippen molar-refractivity contribution in [1.29, 1.82) is 0 Å². The van der Waals surface area contributed by atoms with Gasteiger partial charge in [-0.05, 0) is 37.3 Å². The van der Waals surface area contributed by atoms with Crippen LogP contribution < -0.4 is 5.32 Å². The summed E-state index contributed by atoms with van der Waals surface area (Å²) in [5.41, 5.74) is 1.18. The van der Waals surface area contributed by atoms with Gasteiger partial charge in [0.25, 0.3) is 0 Å². The van der Waals surface area contributed by atoms with Crippen LogP contribution >= 0.6 is 11.8 Å². The first kappa shape index (κ1) is 13.3. The summed E-state index contributed by atoms with van der Waals surface area (Å²) in [5.74, 6) is 0.192. The average molecular weight is 264 g/mol. The molecule has 1 aromatic rings. The fraction of sp³-hybridized carbons (Fsp3) is 0.500. The molecule has 2 rings (SSSR count). The second-order valence-electron chi connectivity index (χ2n) is 4.66. The maximum absolute atomic E-state index is 11.3. The molecule has 1 aliphatic rings. The van der Waals surface area contributed by atoms with Crippen LogP contribution in [0.5, 0.6) is 0 Å². The van der Waals surface area contributed by atoms with Crippen molar-refractivity contribution in [3.63, 3.8) is 0 Å². The zero-order chi connectivity index (χ0) is 13.0. The number of hydrogen-bond acceptors (Lipinski definition) is 3. The lowest BCUT2D eigenvalue weighted by Crippen LogP contribution is -2.41. The minimum Gasteiger partial charge on any atom is -0.382 e. The topological polar surface area (TPSA) is 32.3 Å². The maximum Gasteiger partial charge on any atom is 0.219 e. The van der Waals surface area contributed by atoms with Gasteiger partial charge in [0.2, 0.25) is 5.91 Å². The second-order valence-corrected chi connectivity index (χ2v) is 5.54. The summed E-state index contributed by atoms with van der Waals surface area (Å²) in [7, 11) is 0. The Balaban J connectivity index is 1.89. The molecule has 1 heterocycles. The summed E-state index contributed by atoms with van der Waals surface area (Å²) in [6.07, 6.45) is 4.15. The molecule has 0 unspecified atom stereocenters. The van der Waals surface area contributed by atoms with Crippen molar-refractivity contribution in [3.05, 3.63) is 24.3 Å². The number of nitrogens with zero attached hydrogens (tertiary/aromatic N) is 1. The Labute approximate surface area is 113 Å². The Morgan fingerprint density at radius 2 is 2.11 bits per heavy atom. The Kier molecular flexibility index (Phi) is 4.53. The first-order valence-electron chi connectivity index (χ1n) is 6.35. The zero-order valence-corrected chi connectivity index (χ0v) is 11.8. The lowest BCUT2D eigenvalue weighted by Gasteiger charge is -2.32. The molecule has 1 aromatic carbocycles. The fourth-order valence-electron chi connectivity index (χ4n) is 2.29. The van der Waals surface area contributed by atoms with E-state index in [1.54, 1.807) is 18.7 Å². The average Bonchev–Trinajstić information content (AvgIpc) is 2.39. The Morgan fingerprint density at radius 3 is 2.72 bits per heavy atom. The summed E-state index contributed by atoms with van der Waals surface area (Å²) < 4.78 is 0. The summed E-state index contributed by atoms with van der Waals surface area (Å²) in [4.78, 5) is 14.5. The highest BCUT2D eigenvalue weighted by atomic mass is 32.2. The molecule has 0 aromatic heterocycles. The lowest BCUT2D eigenvalue weighted by molar-refractivity contribution is -0.129. The normalized spacial score (nSPS) is 16.7. The third-order valence-electron chi connectivity index (χ3n) is 3.38. The minimum atomic E-state index is 0.192. The molecular weight excluding hydrogens is 244 g/mol. The predicted molar refractivity (Wildman–Crippen MR) is 77.1 cm³/mol. The van der Waals surface area contributed by atoms with E-state index >= 15 is 0 Å². The van der Waals surface area contributed by atoms with Gasteiger partial charge < -0.3 is 10.2 Å². The molecule has 0 saturated carbocycles. The molecule has 0 spiro atoms. The third-order valence-corrected chi connectivity index (χ3v) is 4.11. The molecule has 0 radical (unpaired) electrons. The van der Waals surface area contributed by atoms with Gasteiger partial charge in [-0.1, -0.05) is 6.07 Å². The van der Waals surface area contributed by atoms with Crippen LogP contribution in [0.2, 0.25) is 0 Å². The van der Waals surface area contributed by atoms with E-state index in [-0.39, 0.29) is 5.91 Å². The summed E-state index contributed by atoms with van der Waals surface area (Å²) >= 11 is 1.76. The molecule has 0 aliphatic carbocycles. The van der Waals surface area contributed by atoms with E-state index in [9.17, 15) is 4.79 Å². The number of thioether (sulfide) groups is 1. The van der Waals surface area contributed by atoms with Crippen LogP contribution in [0.1, 0.15) is 19.8 Å². The number of amides is 1. The SMILES string of the molecule is CSc1cccc(NC2CCN(C(C)=O)CC2)c1. The van der Waals surface area contributed by atoms with Gasteiger partial charge in [0, 0.05) is 36.6 Å². The molecule has 1 N–H and O–H groups in total. The Morgan fingerprint density at radius 1 is 1.39 bits per heavy atom. The van der Waals surface area contributed by atoms with Crippen molar-refractivity contribution in [2.24, 2.45) is 0 Å². The standard InChI is InChI=1S/C14H20N2OS/c1-11(17)16-8-6-12(7-9-16)15-13-4-3-5-14(10-13)18-2/h3-5,10,12,15H,6-9H2,1-2H3. The van der Waals surface area contributed by atoms with Crippen LogP contribution in [0.15, 0.2) is 29.2 Å². The van der Waals surface area contributed by atoms with E-state index in [1.807, 2.05) is 4.90 Å². The highest BCUT2D eigenvalue weighted by Gasteiger charge is 2.20. The largest absolute Gasteiger partial charge is 0.382 e. The van der Waals surface area contributed by atoms with Crippen molar-refractivity contribution >= 4 is 23.4 Å². The van der Waals surface area contributed by atoms with Gasteiger partial charge in [0.05, 0.1) is 0 Å². The highest BCUT2D eigenvalue weighted by Crippen LogP contribution is 2.21. The van der Waals surface area contributed by atoms with E-state index < -0.39 is 0 Å². The maximum atomic E-state index is 11.3. The molecule has 98 valence electrons. The Hall–Kier alpha value is -1.16. The number of carbonyl (C=O) groups is 1. The summed E-state index contributed by atoms with van der Waals surface area (Å²) in [6.45, 7) is 3.39. The number of likely N-dealkylation sites (tertiary alicyclic amines) is 1. The van der Waals surface area contributed by atoms with E-state index in [0.29, 0.717) is 6.04 Å². The molecular formula is C14H20N2OS. The predicted octanol–water partition coefficient (Wildman–Crippen LogP) is 2.83. The van der Waals surface area contributed by atoms with Gasteiger partial charge in [-0.15, -0.1) is 11.8 Å². The number of anilines is 1. The van der Waals surface area contributed by atoms with Gasteiger partial charge in [-0.2, -0.15) is 0 Å². The van der Waals surface area contributed by atoms with Crippen molar-refractivity contribution < 1.29 is 4.79 Å². The van der Waals surface area contributed by atoms with E-state index in [1.165, 1.54) is 10.6 Å². The summed E-state index contributed by atoms with van der Waals surface area (Å²) in [5, 5.41) is 3.56. The van der Waals surface area contributed by atoms with Crippen LogP contribution in [-0.4, -0.2) is 36.2 Å². The smallest absolute Gasteiger partial charge is 0.219 e. The van der Waals surface area contributed by atoms with Crippen LogP contribution in [-0.2, 0) is 4.79 Å². The first-order valence-corrected chi connectivity index (χ1v) is 7.57. The molecule has 0 atom stereocenters. The Bertz CT molecular complexity index is 414. The number of carbonyl (C=O) groups excluding carboxylic acids is 1. The number of rotatable bonds is 3. The molecule has 1 fully saturated rings. The number of piperidine rings is 1. The van der Waals surface area contributed by atoms with E-state index in [2.05, 4.69) is 35.8 Å². The highest BCUT2D eigenvalue weighted by molar-refractivity contribution is 7.98. The summed E-state index contributed by atoms with van der Waals surface area (Å²) in [6, 6.07) is 8.98. The third kappa shape index (κ3) is 3.42. The van der Waals surface area contributed by atoms with Crippen molar-refractivity contribution in [2.45, 2.75) is 30.7 Å². The molecule has 3 nitrogen and oxygen atoms in total. The lowest BCUT2D eigenvalue weighted by atomic mass is 10.0. The van der Waals surface area contributed by atoms with E-state index in [0.717, 1.165) is 25.9 Å². The molecule has 18 heavy (non-hydrogen) atoms. The molecule has 1 aliphatic heterocycles. The van der Waals surface area contributed by atoms with Crippen LogP contribution in [0.25, 0.3) is 0 Å². The molecule has 1 saturated heterocycles. The van der Waals surface area contributed by atoms with Crippen LogP contribution in [0, 0.1) is 0 Å². The fourth-order valence-corrected chi connectivity index (χ4v) is 2.75. The van der Waals surface area contributed by atoms with Crippen molar-refractivity contribution in [3.8, 4) is 0 Å². The van der Waals surface area contributed by atoms with Crippen molar-refractivity contribution in [2.75, 3.05) is 24.7 Å². The van der Waals surface area contributed by atoms with Gasteiger partial charge >= 0.3 is 0 Å². The van der Waals surface area contributed by atoms with Crippen LogP contribution in [0.3, 0.4) is 0 Å². The molecule has 1 amide bonds. The van der Waals surface area contributed by atoms with E-state index in [4.69, 9.17) is 0 Å². The first-order chi connectivity index (χ1) is 8.69. The van der Waals surface area contributed by atoms with Crippen molar-refractivity contribution in [1.82, 2.24) is 4.90 Å².